The summed E-state index contributed by atoms with van der Waals surface area (Å²) in [7, 11) is 1.82. The molecule has 2 aliphatic heterocycles. The Hall–Kier alpha value is -2.87. The summed E-state index contributed by atoms with van der Waals surface area (Å²) < 4.78 is 15.0. The van der Waals surface area contributed by atoms with E-state index in [0.717, 1.165) is 23.6 Å². The van der Waals surface area contributed by atoms with Gasteiger partial charge in [0, 0.05) is 42.0 Å². The van der Waals surface area contributed by atoms with Gasteiger partial charge in [0.1, 0.15) is 17.6 Å². The maximum absolute atomic E-state index is 15.0. The lowest BCUT2D eigenvalue weighted by Gasteiger charge is -2.42. The minimum atomic E-state index is -0.975. The molecule has 8 heteroatoms. The number of piperidine rings is 1. The normalized spacial score (nSPS) is 28.6. The van der Waals surface area contributed by atoms with Crippen LogP contribution in [0.3, 0.4) is 0 Å². The van der Waals surface area contributed by atoms with Gasteiger partial charge in [-0.3, -0.25) is 4.98 Å². The van der Waals surface area contributed by atoms with Gasteiger partial charge in [-0.25, -0.2) is 9.37 Å². The third-order valence-electron chi connectivity index (χ3n) is 6.35. The van der Waals surface area contributed by atoms with Gasteiger partial charge >= 0.3 is 0 Å². The number of phenolic OH excluding ortho intramolecular Hbond substituents is 1. The van der Waals surface area contributed by atoms with Crippen molar-refractivity contribution in [2.24, 2.45) is 0 Å². The van der Waals surface area contributed by atoms with Crippen LogP contribution in [-0.4, -0.2) is 56.1 Å². The molecule has 4 heterocycles. The molecule has 4 atom stereocenters. The summed E-state index contributed by atoms with van der Waals surface area (Å²) in [4.78, 5) is 10.3. The number of hydrogen-bond donors (Lipinski definition) is 2. The zero-order valence-electron chi connectivity index (χ0n) is 16.4. The lowest BCUT2D eigenvalue weighted by molar-refractivity contribution is 0.143. The summed E-state index contributed by atoms with van der Waals surface area (Å²) in [6, 6.07) is 4.96. The van der Waals surface area contributed by atoms with E-state index in [1.807, 2.05) is 19.2 Å². The molecular formula is C21H23FN6O. The first-order chi connectivity index (χ1) is 13.9. The number of phenols is 1. The van der Waals surface area contributed by atoms with Crippen molar-refractivity contribution in [3.8, 4) is 17.0 Å². The van der Waals surface area contributed by atoms with E-state index in [-0.39, 0.29) is 23.4 Å². The number of alkyl halides is 1. The van der Waals surface area contributed by atoms with Crippen LogP contribution in [0.4, 0.5) is 10.3 Å². The maximum Gasteiger partial charge on any atom is 0.245 e. The maximum atomic E-state index is 15.0. The van der Waals surface area contributed by atoms with E-state index in [1.54, 1.807) is 29.6 Å². The van der Waals surface area contributed by atoms with E-state index in [0.29, 0.717) is 23.6 Å². The quantitative estimate of drug-likeness (QED) is 0.706. The smallest absolute Gasteiger partial charge is 0.245 e. The molecule has 2 bridgehead atoms. The number of nitrogens with zero attached hydrogens (tertiary/aromatic N) is 5. The van der Waals surface area contributed by atoms with Crippen molar-refractivity contribution in [3.63, 3.8) is 0 Å². The monoisotopic (exact) mass is 394 g/mol. The Labute approximate surface area is 168 Å². The Morgan fingerprint density at radius 2 is 2.10 bits per heavy atom. The lowest BCUT2D eigenvalue weighted by Crippen LogP contribution is -2.60. The standard InChI is InChI=1S/C21H23FN6O/c1-21-5-3-15(25-21)19(22)17(9-21)28(2)20-24-11-16(26-27-20)14-7-12-4-6-23-10-13(12)8-18(14)29/h4,6-8,10-11,15,17,19,25,29H,3,5,9H2,1-2H3/t15-,17+,19-,21+/m1/s1. The van der Waals surface area contributed by atoms with E-state index in [1.165, 1.54) is 0 Å². The Bertz CT molecular complexity index is 1060. The summed E-state index contributed by atoms with van der Waals surface area (Å²) in [6.45, 7) is 2.15. The molecule has 1 aromatic carbocycles. The number of halogens is 1. The number of rotatable bonds is 3. The summed E-state index contributed by atoms with van der Waals surface area (Å²) in [5, 5.41) is 24.1. The molecule has 150 valence electrons. The summed E-state index contributed by atoms with van der Waals surface area (Å²) in [5.74, 6) is 0.477. The molecule has 7 nitrogen and oxygen atoms in total. The lowest BCUT2D eigenvalue weighted by atomic mass is 9.88. The molecule has 3 aromatic rings. The Kier molecular flexibility index (Phi) is 4.13. The van der Waals surface area contributed by atoms with Crippen molar-refractivity contribution in [3.05, 3.63) is 36.8 Å². The van der Waals surface area contributed by atoms with E-state index in [9.17, 15) is 9.50 Å². The van der Waals surface area contributed by atoms with Gasteiger partial charge < -0.3 is 15.3 Å². The van der Waals surface area contributed by atoms with Crippen molar-refractivity contribution < 1.29 is 9.50 Å². The van der Waals surface area contributed by atoms with Crippen LogP contribution in [0.2, 0.25) is 0 Å². The number of aromatic hydroxyl groups is 1. The second-order valence-corrected chi connectivity index (χ2v) is 8.41. The van der Waals surface area contributed by atoms with Gasteiger partial charge in [0.05, 0.1) is 12.2 Å². The predicted octanol–water partition coefficient (Wildman–Crippen LogP) is 2.85. The van der Waals surface area contributed by atoms with Crippen LogP contribution < -0.4 is 10.2 Å². The first-order valence-corrected chi connectivity index (χ1v) is 9.85. The average Bonchev–Trinajstić information content (AvgIpc) is 3.07. The highest BCUT2D eigenvalue weighted by atomic mass is 19.1. The van der Waals surface area contributed by atoms with Crippen molar-refractivity contribution >= 4 is 16.7 Å². The van der Waals surface area contributed by atoms with Crippen molar-refractivity contribution in [2.45, 2.75) is 50.0 Å². The molecule has 2 fully saturated rings. The molecule has 29 heavy (non-hydrogen) atoms. The second kappa shape index (κ2) is 6.59. The van der Waals surface area contributed by atoms with E-state index in [2.05, 4.69) is 32.4 Å². The molecule has 0 unspecified atom stereocenters. The van der Waals surface area contributed by atoms with E-state index >= 15 is 0 Å². The molecule has 5 rings (SSSR count). The van der Waals surface area contributed by atoms with Crippen molar-refractivity contribution in [1.29, 1.82) is 0 Å². The van der Waals surface area contributed by atoms with Gasteiger partial charge in [0.25, 0.3) is 0 Å². The zero-order chi connectivity index (χ0) is 20.2. The van der Waals surface area contributed by atoms with Crippen molar-refractivity contribution in [2.75, 3.05) is 11.9 Å². The minimum Gasteiger partial charge on any atom is -0.507 e. The van der Waals surface area contributed by atoms with Crippen LogP contribution in [0.15, 0.2) is 36.8 Å². The molecular weight excluding hydrogens is 371 g/mol. The Morgan fingerprint density at radius 1 is 1.24 bits per heavy atom. The number of fused-ring (bicyclic) bond motifs is 3. The molecule has 0 aliphatic carbocycles. The first kappa shape index (κ1) is 18.2. The van der Waals surface area contributed by atoms with Gasteiger partial charge in [0.2, 0.25) is 5.95 Å². The number of anilines is 1. The predicted molar refractivity (Wildman–Crippen MR) is 108 cm³/mol. The fraction of sp³-hybridized carbons (Fsp3) is 0.429. The highest BCUT2D eigenvalue weighted by molar-refractivity contribution is 5.89. The first-order valence-electron chi connectivity index (χ1n) is 9.85. The van der Waals surface area contributed by atoms with Crippen LogP contribution in [0.1, 0.15) is 26.2 Å². The van der Waals surface area contributed by atoms with Gasteiger partial charge in [-0.1, -0.05) is 0 Å². The van der Waals surface area contributed by atoms with Gasteiger partial charge in [-0.05, 0) is 49.8 Å². The van der Waals surface area contributed by atoms with Crippen LogP contribution in [-0.2, 0) is 0 Å². The third kappa shape index (κ3) is 3.07. The number of aromatic nitrogens is 4. The van der Waals surface area contributed by atoms with Crippen LogP contribution in [0.25, 0.3) is 22.0 Å². The summed E-state index contributed by atoms with van der Waals surface area (Å²) in [5.41, 5.74) is 0.979. The molecule has 2 saturated heterocycles. The molecule has 0 radical (unpaired) electrons. The largest absolute Gasteiger partial charge is 0.507 e. The highest BCUT2D eigenvalue weighted by Crippen LogP contribution is 2.39. The molecule has 2 N–H and O–H groups in total. The molecule has 0 saturated carbocycles. The van der Waals surface area contributed by atoms with E-state index in [4.69, 9.17) is 0 Å². The summed E-state index contributed by atoms with van der Waals surface area (Å²) in [6.07, 6.45) is 6.54. The molecule has 2 aliphatic rings. The second-order valence-electron chi connectivity index (χ2n) is 8.41. The number of nitrogens with one attached hydrogen (secondary N) is 1. The van der Waals surface area contributed by atoms with E-state index < -0.39 is 6.17 Å². The SMILES string of the molecule is CN(c1ncc(-c2cc3ccncc3cc2O)nn1)[C@H]1C[C@]2(C)CC[C@@H](N2)[C@H]1F. The minimum absolute atomic E-state index is 0.0364. The van der Waals surface area contributed by atoms with Crippen LogP contribution in [0, 0.1) is 0 Å². The zero-order valence-corrected chi connectivity index (χ0v) is 16.4. The summed E-state index contributed by atoms with van der Waals surface area (Å²) >= 11 is 0. The average molecular weight is 394 g/mol. The van der Waals surface area contributed by atoms with Crippen LogP contribution in [0.5, 0.6) is 5.75 Å². The third-order valence-corrected chi connectivity index (χ3v) is 6.35. The van der Waals surface area contributed by atoms with Gasteiger partial charge in [-0.15, -0.1) is 10.2 Å². The van der Waals surface area contributed by atoms with Crippen LogP contribution >= 0.6 is 0 Å². The Balaban J connectivity index is 1.42. The molecule has 0 amide bonds. The molecule has 0 spiro atoms. The number of benzene rings is 1. The number of pyridine rings is 1. The van der Waals surface area contributed by atoms with Gasteiger partial charge in [-0.2, -0.15) is 0 Å². The molecule has 2 aromatic heterocycles. The fourth-order valence-corrected chi connectivity index (χ4v) is 4.69. The Morgan fingerprint density at radius 3 is 2.90 bits per heavy atom. The topological polar surface area (TPSA) is 87.1 Å². The van der Waals surface area contributed by atoms with Crippen molar-refractivity contribution in [1.82, 2.24) is 25.5 Å². The highest BCUT2D eigenvalue weighted by Gasteiger charge is 2.49. The van der Waals surface area contributed by atoms with Gasteiger partial charge in [0.15, 0.2) is 0 Å². The fourth-order valence-electron chi connectivity index (χ4n) is 4.69. The number of hydrogen-bond acceptors (Lipinski definition) is 7.